The molecule has 5 heteroatoms. The summed E-state index contributed by atoms with van der Waals surface area (Å²) in [5.41, 5.74) is 9.23. The fraction of sp³-hybridized carbons (Fsp3) is 0. The van der Waals surface area contributed by atoms with Gasteiger partial charge in [-0.2, -0.15) is 0 Å². The average Bonchev–Trinajstić information content (AvgIpc) is 1.65. The lowest BCUT2D eigenvalue weighted by Gasteiger charge is -1.78. The molecule has 0 aliphatic carbocycles. The molecule has 0 aromatic rings. The molecule has 0 aromatic heterocycles. The van der Waals surface area contributed by atoms with Gasteiger partial charge < -0.3 is 5.73 Å². The van der Waals surface area contributed by atoms with Crippen molar-refractivity contribution in [3.63, 3.8) is 0 Å². The Bertz CT molecular complexity index is 137. The quantitative estimate of drug-likeness (QED) is 0.355. The van der Waals surface area contributed by atoms with Gasteiger partial charge in [-0.25, -0.2) is 4.21 Å². The van der Waals surface area contributed by atoms with E-state index in [1.807, 2.05) is 0 Å². The van der Waals surface area contributed by atoms with E-state index in [1.54, 1.807) is 0 Å². The zero-order valence-corrected chi connectivity index (χ0v) is 4.20. The van der Waals surface area contributed by atoms with Gasteiger partial charge in [-0.15, -0.1) is 0 Å². The smallest absolute Gasteiger partial charge is 0.272 e. The zero-order valence-electron chi connectivity index (χ0n) is 3.38. The van der Waals surface area contributed by atoms with Crippen molar-refractivity contribution in [3.8, 4) is 0 Å². The summed E-state index contributed by atoms with van der Waals surface area (Å²) in [5.74, 6) is -0.861. The predicted octanol–water partition coefficient (Wildman–Crippen LogP) is -2.23. The summed E-state index contributed by atoms with van der Waals surface area (Å²) in [6.07, 6.45) is 0. The van der Waals surface area contributed by atoms with Gasteiger partial charge in [0.25, 0.3) is 5.91 Å². The Morgan fingerprint density at radius 3 is 1.86 bits per heavy atom. The minimum atomic E-state index is -0.861. The van der Waals surface area contributed by atoms with Crippen LogP contribution in [-0.4, -0.2) is 15.1 Å². The van der Waals surface area contributed by atoms with Crippen molar-refractivity contribution < 1.29 is 9.00 Å². The van der Waals surface area contributed by atoms with Crippen molar-refractivity contribution in [1.82, 2.24) is 0 Å². The molecule has 0 atom stereocenters. The number of carbonyl (C=O) groups excluding carboxylic acids is 1. The number of hydrogen-bond acceptors (Lipinski definition) is 2. The highest BCUT2D eigenvalue weighted by Gasteiger charge is 1.94. The van der Waals surface area contributed by atoms with Gasteiger partial charge in [-0.05, 0) is 0 Å². The van der Waals surface area contributed by atoms with E-state index in [1.165, 1.54) is 0 Å². The van der Waals surface area contributed by atoms with E-state index < -0.39 is 10.9 Å². The second-order valence-corrected chi connectivity index (χ2v) is 1.42. The summed E-state index contributed by atoms with van der Waals surface area (Å²) in [6, 6.07) is 0. The fourth-order valence-electron chi connectivity index (χ4n) is 0.0411. The molecule has 0 aliphatic rings. The van der Waals surface area contributed by atoms with Crippen LogP contribution in [0.5, 0.6) is 0 Å². The van der Waals surface area contributed by atoms with Crippen LogP contribution in [0.25, 0.3) is 0 Å². The molecule has 4 nitrogen and oxygen atoms in total. The Hall–Kier alpha value is -0.680. The molecule has 0 aromatic carbocycles. The van der Waals surface area contributed by atoms with Gasteiger partial charge in [0, 0.05) is 0 Å². The van der Waals surface area contributed by atoms with Crippen molar-refractivity contribution in [3.05, 3.63) is 0 Å². The number of hydrogen-bond donors (Lipinski definition) is 2. The van der Waals surface area contributed by atoms with Crippen LogP contribution in [0, 0.1) is 0 Å². The van der Waals surface area contributed by atoms with Crippen LogP contribution in [0.2, 0.25) is 0 Å². The molecule has 0 saturated carbocycles. The molecule has 0 bridgehead atoms. The molecular weight excluding hydrogens is 116 g/mol. The van der Waals surface area contributed by atoms with Crippen LogP contribution >= 0.6 is 0 Å². The van der Waals surface area contributed by atoms with Gasteiger partial charge in [0.1, 0.15) is 11.3 Å². The summed E-state index contributed by atoms with van der Waals surface area (Å²) < 4.78 is 9.53. The zero-order chi connectivity index (χ0) is 5.86. The summed E-state index contributed by atoms with van der Waals surface area (Å²) in [4.78, 5) is 9.37. The third kappa shape index (κ3) is 2.07. The first-order valence-electron chi connectivity index (χ1n) is 1.40. The average molecular weight is 120 g/mol. The third-order valence-corrected chi connectivity index (χ3v) is 0.713. The Morgan fingerprint density at radius 1 is 1.43 bits per heavy atom. The fourth-order valence-corrected chi connectivity index (χ4v) is 0.123. The van der Waals surface area contributed by atoms with Gasteiger partial charge in [0.2, 0.25) is 0 Å². The highest BCUT2D eigenvalue weighted by Crippen LogP contribution is 1.49. The van der Waals surface area contributed by atoms with Gasteiger partial charge >= 0.3 is 0 Å². The first-order chi connectivity index (χ1) is 3.18. The van der Waals surface area contributed by atoms with Crippen LogP contribution in [0.1, 0.15) is 0 Å². The Kier molecular flexibility index (Phi) is 2.24. The van der Waals surface area contributed by atoms with E-state index in [0.717, 1.165) is 0 Å². The topological polar surface area (TPSA) is 86.2 Å². The van der Waals surface area contributed by atoms with Gasteiger partial charge in [-0.3, -0.25) is 10.5 Å². The van der Waals surface area contributed by atoms with Crippen molar-refractivity contribution in [2.75, 3.05) is 0 Å². The second-order valence-electron chi connectivity index (χ2n) is 0.812. The molecule has 0 unspecified atom stereocenters. The summed E-state index contributed by atoms with van der Waals surface area (Å²) in [5, 5.41) is 0. The lowest BCUT2D eigenvalue weighted by atomic mass is 10.7. The van der Waals surface area contributed by atoms with Crippen LogP contribution in [-0.2, 0) is 16.1 Å². The van der Waals surface area contributed by atoms with Crippen LogP contribution in [0.15, 0.2) is 0 Å². The first kappa shape index (κ1) is 6.32. The molecular formula is C2H4N2O2S. The van der Waals surface area contributed by atoms with Gasteiger partial charge in [0.15, 0.2) is 4.99 Å². The molecule has 4 N–H and O–H groups in total. The molecule has 0 heterocycles. The van der Waals surface area contributed by atoms with E-state index >= 15 is 0 Å². The third-order valence-electron chi connectivity index (χ3n) is 0.333. The monoisotopic (exact) mass is 120 g/mol. The van der Waals surface area contributed by atoms with E-state index in [0.29, 0.717) is 0 Å². The molecule has 0 radical (unpaired) electrons. The summed E-state index contributed by atoms with van der Waals surface area (Å²) >= 11 is -0.0972. The van der Waals surface area contributed by atoms with Crippen LogP contribution < -0.4 is 11.5 Å². The number of carbonyl (C=O) groups is 1. The van der Waals surface area contributed by atoms with Crippen molar-refractivity contribution >= 4 is 22.2 Å². The molecule has 0 spiro atoms. The molecule has 0 saturated heterocycles. The Balaban J connectivity index is 4.10. The lowest BCUT2D eigenvalue weighted by molar-refractivity contribution is -0.111. The van der Waals surface area contributed by atoms with E-state index in [2.05, 4.69) is 5.73 Å². The van der Waals surface area contributed by atoms with E-state index in [-0.39, 0.29) is 11.3 Å². The van der Waals surface area contributed by atoms with E-state index in [4.69, 9.17) is 5.73 Å². The molecule has 1 amide bonds. The SMILES string of the molecule is NC(=O)C(N)=S=O. The molecule has 7 heavy (non-hydrogen) atoms. The van der Waals surface area contributed by atoms with Gasteiger partial charge in [-0.1, -0.05) is 0 Å². The maximum atomic E-state index is 9.77. The summed E-state index contributed by atoms with van der Waals surface area (Å²) in [7, 11) is 0. The van der Waals surface area contributed by atoms with Crippen molar-refractivity contribution in [2.24, 2.45) is 11.5 Å². The predicted molar refractivity (Wildman–Crippen MR) is 26.5 cm³/mol. The van der Waals surface area contributed by atoms with Crippen molar-refractivity contribution in [1.29, 1.82) is 0 Å². The first-order valence-corrected chi connectivity index (χ1v) is 2.14. The largest absolute Gasteiger partial charge is 0.364 e. The lowest BCUT2D eigenvalue weighted by Crippen LogP contribution is -2.30. The maximum Gasteiger partial charge on any atom is 0.272 e. The van der Waals surface area contributed by atoms with Crippen molar-refractivity contribution in [2.45, 2.75) is 0 Å². The van der Waals surface area contributed by atoms with Crippen LogP contribution in [0.3, 0.4) is 0 Å². The molecule has 0 aliphatic heterocycles. The highest BCUT2D eigenvalue weighted by atomic mass is 32.1. The Morgan fingerprint density at radius 2 is 1.86 bits per heavy atom. The number of amides is 1. The normalized spacial score (nSPS) is 7.57. The van der Waals surface area contributed by atoms with Crippen LogP contribution in [0.4, 0.5) is 0 Å². The molecule has 40 valence electrons. The molecule has 0 fully saturated rings. The maximum absolute atomic E-state index is 9.77. The number of rotatable bonds is 0. The second kappa shape index (κ2) is 2.49. The standard InChI is InChI=1S/C2H4N2O2S/c3-1(5)2(4)7-6/h4H2,(H2,3,5). The number of nitrogens with two attached hydrogens (primary N) is 2. The minimum absolute atomic E-state index is 0.0972. The highest BCUT2D eigenvalue weighted by molar-refractivity contribution is 7.68. The summed E-state index contributed by atoms with van der Waals surface area (Å²) in [6.45, 7) is 0. The van der Waals surface area contributed by atoms with Gasteiger partial charge in [0.05, 0.1) is 0 Å². The Labute approximate surface area is 43.6 Å². The number of primary amides is 1. The minimum Gasteiger partial charge on any atom is -0.364 e. The van der Waals surface area contributed by atoms with E-state index in [9.17, 15) is 9.00 Å². The molecule has 0 rings (SSSR count).